The standard InChI is InChI=1S/C82H130NO8P/c1-6-8-10-12-14-16-18-20-22-24-26-28-30-32-34-36-38-40-41-43-44-46-48-50-52-54-56-58-60-62-64-66-68-70-72-74-81(84)88-78-80(79-90-92(86,87)89-77-76-83(3,4)5)91-82(85)75-73-71-69-67-65-63-61-59-57-55-53-51-49-47-45-42-39-37-35-33-31-29-27-25-23-21-19-17-15-13-11-9-7-2/h8-11,14-17,20-23,26-29,32-35,38-40,42-44,47,49,53,55,59,61,65,67,80H,6-7,12-13,18-19,24-25,30-31,36-37,41,45-46,48,50-52,54,56-58,60,62-64,66,68-79H2,1-5H3/b10-8-,11-9-,16-14-,17-15-,22-20-,23-21-,28-26-,29-27-,34-32-,35-33-,40-38-,42-39-,44-43-,49-47-,55-53-,61-59-,67-65-. The molecule has 0 rings (SSSR count). The van der Waals surface area contributed by atoms with Gasteiger partial charge in [-0.25, -0.2) is 0 Å². The number of ether oxygens (including phenoxy) is 2. The van der Waals surface area contributed by atoms with Gasteiger partial charge < -0.3 is 27.9 Å². The van der Waals surface area contributed by atoms with E-state index in [4.69, 9.17) is 18.5 Å². The summed E-state index contributed by atoms with van der Waals surface area (Å²) in [4.78, 5) is 38.1. The molecule has 0 N–H and O–H groups in total. The number of likely N-dealkylation sites (N-methyl/N-ethyl adjacent to an activating group) is 1. The molecule has 0 aromatic heterocycles. The van der Waals surface area contributed by atoms with Crippen molar-refractivity contribution in [3.8, 4) is 0 Å². The second-order valence-electron chi connectivity index (χ2n) is 24.1. The van der Waals surface area contributed by atoms with Crippen molar-refractivity contribution in [1.82, 2.24) is 0 Å². The van der Waals surface area contributed by atoms with E-state index < -0.39 is 32.5 Å². The van der Waals surface area contributed by atoms with Gasteiger partial charge in [0.2, 0.25) is 0 Å². The van der Waals surface area contributed by atoms with Crippen molar-refractivity contribution >= 4 is 19.8 Å². The fourth-order valence-electron chi connectivity index (χ4n) is 8.90. The van der Waals surface area contributed by atoms with Crippen LogP contribution in [0.1, 0.15) is 245 Å². The Balaban J connectivity index is 4.20. The van der Waals surface area contributed by atoms with E-state index >= 15 is 0 Å². The quantitative estimate of drug-likeness (QED) is 0.0195. The lowest BCUT2D eigenvalue weighted by atomic mass is 10.0. The Morgan fingerprint density at radius 1 is 0.337 bits per heavy atom. The highest BCUT2D eigenvalue weighted by atomic mass is 31.2. The molecule has 0 aliphatic rings. The highest BCUT2D eigenvalue weighted by Gasteiger charge is 2.22. The molecule has 2 atom stereocenters. The molecule has 0 radical (unpaired) electrons. The second-order valence-corrected chi connectivity index (χ2v) is 25.5. The molecule has 0 saturated carbocycles. The molecule has 0 fully saturated rings. The van der Waals surface area contributed by atoms with Crippen molar-refractivity contribution in [2.45, 2.75) is 251 Å². The fraction of sp³-hybridized carbons (Fsp3) is 0.561. The molecule has 10 heteroatoms. The number of phosphoric ester groups is 1. The molecule has 0 aliphatic heterocycles. The molecule has 0 aliphatic carbocycles. The highest BCUT2D eigenvalue weighted by molar-refractivity contribution is 7.45. The SMILES string of the molecule is CC/C=C\C/C=C\C/C=C\C/C=C\C/C=C\C/C=C\C/C=C\C/C=C\C/C=C\C/C=C\CCCCC(=O)OC(COC(=O)CCCCCCCCCCCCCCC/C=C\C/C=C\C/C=C\C/C=C\C/C=C\C/C=C\C/C=C\CC)COP(=O)([O-])OCC[N+](C)(C)C. The lowest BCUT2D eigenvalue weighted by molar-refractivity contribution is -0.870. The van der Waals surface area contributed by atoms with Gasteiger partial charge in [-0.2, -0.15) is 0 Å². The Morgan fingerprint density at radius 2 is 0.587 bits per heavy atom. The normalized spacial score (nSPS) is 14.4. The van der Waals surface area contributed by atoms with E-state index in [-0.39, 0.29) is 26.1 Å². The molecule has 0 spiro atoms. The Bertz CT molecular complexity index is 2310. The van der Waals surface area contributed by atoms with Gasteiger partial charge in [0, 0.05) is 12.8 Å². The number of carbonyl (C=O) groups is 2. The van der Waals surface area contributed by atoms with E-state index in [2.05, 4.69) is 220 Å². The topological polar surface area (TPSA) is 111 Å². The summed E-state index contributed by atoms with van der Waals surface area (Å²) in [7, 11) is 1.11. The summed E-state index contributed by atoms with van der Waals surface area (Å²) >= 11 is 0. The summed E-state index contributed by atoms with van der Waals surface area (Å²) in [5, 5.41) is 0. The van der Waals surface area contributed by atoms with Crippen molar-refractivity contribution in [3.63, 3.8) is 0 Å². The molecule has 0 heterocycles. The van der Waals surface area contributed by atoms with Crippen LogP contribution in [0.2, 0.25) is 0 Å². The van der Waals surface area contributed by atoms with E-state index in [9.17, 15) is 19.0 Å². The van der Waals surface area contributed by atoms with Gasteiger partial charge in [-0.3, -0.25) is 14.2 Å². The lowest BCUT2D eigenvalue weighted by Crippen LogP contribution is -2.37. The van der Waals surface area contributed by atoms with Crippen LogP contribution in [0.3, 0.4) is 0 Å². The molecule has 0 amide bonds. The first-order valence-electron chi connectivity index (χ1n) is 35.8. The number of hydrogen-bond acceptors (Lipinski definition) is 8. The molecule has 0 bridgehead atoms. The maximum Gasteiger partial charge on any atom is 0.306 e. The van der Waals surface area contributed by atoms with E-state index in [1.165, 1.54) is 64.2 Å². The molecule has 0 aromatic rings. The number of hydrogen-bond donors (Lipinski definition) is 0. The monoisotopic (exact) mass is 1290 g/mol. The third-order valence-electron chi connectivity index (χ3n) is 14.3. The molecule has 0 aromatic carbocycles. The van der Waals surface area contributed by atoms with Gasteiger partial charge in [0.1, 0.15) is 19.8 Å². The molecule has 2 unspecified atom stereocenters. The summed E-state index contributed by atoms with van der Waals surface area (Å²) in [6.45, 7) is 3.94. The zero-order valence-corrected chi connectivity index (χ0v) is 59.5. The number of phosphoric acid groups is 1. The molecular weight excluding hydrogens is 1160 g/mol. The van der Waals surface area contributed by atoms with Gasteiger partial charge in [0.15, 0.2) is 6.10 Å². The number of nitrogens with zero attached hydrogens (tertiary/aromatic N) is 1. The highest BCUT2D eigenvalue weighted by Crippen LogP contribution is 2.38. The minimum Gasteiger partial charge on any atom is -0.756 e. The van der Waals surface area contributed by atoms with Gasteiger partial charge in [-0.1, -0.05) is 291 Å². The maximum absolute atomic E-state index is 12.9. The van der Waals surface area contributed by atoms with Crippen molar-refractivity contribution < 1.29 is 42.1 Å². The summed E-state index contributed by atoms with van der Waals surface area (Å²) in [6, 6.07) is 0. The van der Waals surface area contributed by atoms with E-state index in [0.717, 1.165) is 141 Å². The number of unbranched alkanes of at least 4 members (excludes halogenated alkanes) is 15. The first-order chi connectivity index (χ1) is 45.0. The minimum absolute atomic E-state index is 0.0508. The summed E-state index contributed by atoms with van der Waals surface area (Å²) in [5.74, 6) is -0.900. The van der Waals surface area contributed by atoms with Gasteiger partial charge in [-0.05, 0) is 148 Å². The molecular formula is C82H130NO8P. The zero-order valence-electron chi connectivity index (χ0n) is 58.7. The average Bonchev–Trinajstić information content (AvgIpc) is 2.23. The van der Waals surface area contributed by atoms with Crippen LogP contribution in [0, 0.1) is 0 Å². The van der Waals surface area contributed by atoms with Crippen molar-refractivity contribution in [3.05, 3.63) is 207 Å². The largest absolute Gasteiger partial charge is 0.756 e. The summed E-state index contributed by atoms with van der Waals surface area (Å²) < 4.78 is 34.2. The predicted octanol–water partition coefficient (Wildman–Crippen LogP) is 23.2. The third kappa shape index (κ3) is 73.6. The smallest absolute Gasteiger partial charge is 0.306 e. The number of esters is 2. The van der Waals surface area contributed by atoms with Crippen LogP contribution in [0.15, 0.2) is 207 Å². The van der Waals surface area contributed by atoms with Crippen LogP contribution in [-0.2, 0) is 32.7 Å². The van der Waals surface area contributed by atoms with Crippen LogP contribution >= 0.6 is 7.82 Å². The van der Waals surface area contributed by atoms with Crippen LogP contribution in [0.5, 0.6) is 0 Å². The molecule has 9 nitrogen and oxygen atoms in total. The van der Waals surface area contributed by atoms with Crippen molar-refractivity contribution in [2.75, 3.05) is 47.5 Å². The Labute approximate surface area is 564 Å². The minimum atomic E-state index is -4.67. The summed E-state index contributed by atoms with van der Waals surface area (Å²) in [6.07, 6.45) is 111. The Kier molecular flexibility index (Phi) is 65.8. The first-order valence-corrected chi connectivity index (χ1v) is 37.3. The average molecular weight is 1290 g/mol. The van der Waals surface area contributed by atoms with E-state index in [1.807, 2.05) is 21.1 Å². The van der Waals surface area contributed by atoms with Gasteiger partial charge >= 0.3 is 11.9 Å². The van der Waals surface area contributed by atoms with Crippen molar-refractivity contribution in [2.24, 2.45) is 0 Å². The lowest BCUT2D eigenvalue weighted by Gasteiger charge is -2.28. The Morgan fingerprint density at radius 3 is 0.891 bits per heavy atom. The molecule has 516 valence electrons. The third-order valence-corrected chi connectivity index (χ3v) is 15.3. The number of quaternary nitrogens is 1. The number of rotatable bonds is 63. The molecule has 0 saturated heterocycles. The first kappa shape index (κ1) is 86.6. The number of carbonyl (C=O) groups excluding carboxylic acids is 2. The van der Waals surface area contributed by atoms with Gasteiger partial charge in [-0.15, -0.1) is 0 Å². The van der Waals surface area contributed by atoms with Crippen LogP contribution in [0.25, 0.3) is 0 Å². The summed E-state index contributed by atoms with van der Waals surface area (Å²) in [5.41, 5.74) is 0. The molecule has 92 heavy (non-hydrogen) atoms. The van der Waals surface area contributed by atoms with Crippen LogP contribution < -0.4 is 4.89 Å². The maximum atomic E-state index is 12.9. The Hall–Kier alpha value is -5.41. The van der Waals surface area contributed by atoms with Crippen molar-refractivity contribution in [1.29, 1.82) is 0 Å². The fourth-order valence-corrected chi connectivity index (χ4v) is 9.63. The number of allylic oxidation sites excluding steroid dienone is 34. The van der Waals surface area contributed by atoms with Gasteiger partial charge in [0.25, 0.3) is 7.82 Å². The van der Waals surface area contributed by atoms with Crippen LogP contribution in [-0.4, -0.2) is 70.0 Å². The zero-order chi connectivity index (χ0) is 66.9. The van der Waals surface area contributed by atoms with Gasteiger partial charge in [0.05, 0.1) is 27.7 Å². The second kappa shape index (κ2) is 69.9. The predicted molar refractivity (Wildman–Crippen MR) is 396 cm³/mol. The van der Waals surface area contributed by atoms with E-state index in [1.54, 1.807) is 0 Å². The van der Waals surface area contributed by atoms with E-state index in [0.29, 0.717) is 23.9 Å². The van der Waals surface area contributed by atoms with Crippen LogP contribution in [0.4, 0.5) is 0 Å².